The average Bonchev–Trinajstić information content (AvgIpc) is 2.64. The fraction of sp³-hybridized carbons (Fsp3) is 0.300. The van der Waals surface area contributed by atoms with Crippen LogP contribution in [0.3, 0.4) is 0 Å². The van der Waals surface area contributed by atoms with Crippen molar-refractivity contribution in [3.63, 3.8) is 0 Å². The van der Waals surface area contributed by atoms with Gasteiger partial charge in [-0.2, -0.15) is 4.80 Å². The fourth-order valence-electron chi connectivity index (χ4n) is 1.46. The number of aryl methyl sites for hydroxylation is 1. The molecule has 0 amide bonds. The number of tetrazole rings is 1. The largest absolute Gasteiger partial charge is 0.324 e. The van der Waals surface area contributed by atoms with E-state index in [2.05, 4.69) is 15.4 Å². The molecule has 5 nitrogen and oxygen atoms in total. The molecule has 0 aliphatic rings. The molecule has 0 spiro atoms. The highest BCUT2D eigenvalue weighted by atomic mass is 35.5. The van der Waals surface area contributed by atoms with E-state index in [4.69, 9.17) is 17.3 Å². The number of hydrogen-bond acceptors (Lipinski definition) is 4. The van der Waals surface area contributed by atoms with Crippen LogP contribution in [-0.4, -0.2) is 20.2 Å². The summed E-state index contributed by atoms with van der Waals surface area (Å²) < 4.78 is 0. The molecular formula is C10H12ClN5. The lowest BCUT2D eigenvalue weighted by atomic mass is 10.0. The minimum Gasteiger partial charge on any atom is -0.324 e. The summed E-state index contributed by atoms with van der Waals surface area (Å²) in [7, 11) is 1.72. The van der Waals surface area contributed by atoms with Crippen LogP contribution in [0.25, 0.3) is 0 Å². The highest BCUT2D eigenvalue weighted by Gasteiger charge is 2.10. The zero-order valence-corrected chi connectivity index (χ0v) is 9.59. The predicted molar refractivity (Wildman–Crippen MR) is 60.9 cm³/mol. The van der Waals surface area contributed by atoms with Gasteiger partial charge in [0.15, 0.2) is 5.82 Å². The molecule has 1 heterocycles. The molecule has 1 unspecified atom stereocenters. The van der Waals surface area contributed by atoms with Crippen molar-refractivity contribution in [3.05, 3.63) is 40.7 Å². The van der Waals surface area contributed by atoms with Gasteiger partial charge in [0.2, 0.25) is 0 Å². The summed E-state index contributed by atoms with van der Waals surface area (Å²) in [5, 5.41) is 12.4. The molecule has 1 atom stereocenters. The normalized spacial score (nSPS) is 12.7. The third-order valence-electron chi connectivity index (χ3n) is 2.23. The van der Waals surface area contributed by atoms with E-state index in [0.717, 1.165) is 5.56 Å². The van der Waals surface area contributed by atoms with Crippen molar-refractivity contribution in [3.8, 4) is 0 Å². The molecule has 16 heavy (non-hydrogen) atoms. The first-order chi connectivity index (χ1) is 7.65. The topological polar surface area (TPSA) is 69.6 Å². The number of halogens is 1. The Bertz CT molecular complexity index is 482. The highest BCUT2D eigenvalue weighted by Crippen LogP contribution is 2.18. The maximum atomic E-state index is 6.03. The van der Waals surface area contributed by atoms with E-state index < -0.39 is 0 Å². The number of rotatable bonds is 3. The second-order valence-electron chi connectivity index (χ2n) is 3.56. The van der Waals surface area contributed by atoms with Gasteiger partial charge < -0.3 is 5.73 Å². The molecule has 2 N–H and O–H groups in total. The van der Waals surface area contributed by atoms with Gasteiger partial charge in [0, 0.05) is 17.5 Å². The van der Waals surface area contributed by atoms with Gasteiger partial charge >= 0.3 is 0 Å². The van der Waals surface area contributed by atoms with Crippen molar-refractivity contribution < 1.29 is 0 Å². The van der Waals surface area contributed by atoms with Crippen molar-refractivity contribution in [2.24, 2.45) is 12.8 Å². The van der Waals surface area contributed by atoms with Gasteiger partial charge in [-0.1, -0.05) is 23.7 Å². The molecule has 2 aromatic rings. The Morgan fingerprint density at radius 3 is 2.94 bits per heavy atom. The zero-order valence-electron chi connectivity index (χ0n) is 8.84. The minimum absolute atomic E-state index is 0.164. The molecule has 6 heteroatoms. The van der Waals surface area contributed by atoms with Gasteiger partial charge in [0.1, 0.15) is 0 Å². The molecule has 0 aliphatic carbocycles. The first-order valence-electron chi connectivity index (χ1n) is 4.89. The van der Waals surface area contributed by atoms with Crippen LogP contribution in [0.5, 0.6) is 0 Å². The Balaban J connectivity index is 2.11. The highest BCUT2D eigenvalue weighted by molar-refractivity contribution is 6.30. The summed E-state index contributed by atoms with van der Waals surface area (Å²) in [5.41, 5.74) is 7.00. The summed E-state index contributed by atoms with van der Waals surface area (Å²) in [6.07, 6.45) is 0.550. The van der Waals surface area contributed by atoms with E-state index in [1.54, 1.807) is 7.05 Å². The molecule has 0 radical (unpaired) electrons. The van der Waals surface area contributed by atoms with Gasteiger partial charge in [-0.25, -0.2) is 0 Å². The van der Waals surface area contributed by atoms with Crippen molar-refractivity contribution in [1.82, 2.24) is 20.2 Å². The number of nitrogens with two attached hydrogens (primary N) is 1. The molecule has 0 fully saturated rings. The van der Waals surface area contributed by atoms with Crippen molar-refractivity contribution in [1.29, 1.82) is 0 Å². The molecule has 1 aromatic carbocycles. The van der Waals surface area contributed by atoms with Crippen LogP contribution in [0.2, 0.25) is 5.02 Å². The van der Waals surface area contributed by atoms with Gasteiger partial charge in [0.25, 0.3) is 0 Å². The van der Waals surface area contributed by atoms with Crippen molar-refractivity contribution in [2.75, 3.05) is 0 Å². The SMILES string of the molecule is Cn1nnc(CC(N)c2cccc(Cl)c2)n1. The Kier molecular flexibility index (Phi) is 3.17. The third-order valence-corrected chi connectivity index (χ3v) is 2.46. The van der Waals surface area contributed by atoms with E-state index in [-0.39, 0.29) is 6.04 Å². The first kappa shape index (κ1) is 11.0. The van der Waals surface area contributed by atoms with E-state index in [9.17, 15) is 0 Å². The lowest BCUT2D eigenvalue weighted by molar-refractivity contribution is 0.622. The molecule has 0 bridgehead atoms. The third kappa shape index (κ3) is 2.56. The van der Waals surface area contributed by atoms with Crippen LogP contribution in [0, 0.1) is 0 Å². The minimum atomic E-state index is -0.164. The molecule has 0 saturated heterocycles. The Hall–Kier alpha value is -1.46. The van der Waals surface area contributed by atoms with Crippen molar-refractivity contribution >= 4 is 11.6 Å². The molecule has 0 saturated carbocycles. The Morgan fingerprint density at radius 2 is 2.31 bits per heavy atom. The fourth-order valence-corrected chi connectivity index (χ4v) is 1.66. The molecule has 84 valence electrons. The molecular weight excluding hydrogens is 226 g/mol. The van der Waals surface area contributed by atoms with E-state index in [1.165, 1.54) is 4.80 Å². The Labute approximate surface area is 98.2 Å². The quantitative estimate of drug-likeness (QED) is 0.868. The molecule has 2 rings (SSSR count). The van der Waals surface area contributed by atoms with Crippen LogP contribution in [-0.2, 0) is 13.5 Å². The van der Waals surface area contributed by atoms with Crippen LogP contribution < -0.4 is 5.73 Å². The van der Waals surface area contributed by atoms with Crippen LogP contribution in [0.4, 0.5) is 0 Å². The van der Waals surface area contributed by atoms with Gasteiger partial charge in [0.05, 0.1) is 7.05 Å². The van der Waals surface area contributed by atoms with E-state index in [0.29, 0.717) is 17.3 Å². The summed E-state index contributed by atoms with van der Waals surface area (Å²) >= 11 is 5.89. The summed E-state index contributed by atoms with van der Waals surface area (Å²) in [6.45, 7) is 0. The second kappa shape index (κ2) is 4.59. The maximum absolute atomic E-state index is 6.03. The lowest BCUT2D eigenvalue weighted by Crippen LogP contribution is -2.14. The van der Waals surface area contributed by atoms with Crippen molar-refractivity contribution in [2.45, 2.75) is 12.5 Å². The maximum Gasteiger partial charge on any atom is 0.176 e. The number of hydrogen-bond donors (Lipinski definition) is 1. The summed E-state index contributed by atoms with van der Waals surface area (Å²) in [5.74, 6) is 0.634. The molecule has 1 aromatic heterocycles. The van der Waals surface area contributed by atoms with Crippen LogP contribution in [0.15, 0.2) is 24.3 Å². The van der Waals surface area contributed by atoms with E-state index >= 15 is 0 Å². The average molecular weight is 238 g/mol. The second-order valence-corrected chi connectivity index (χ2v) is 4.00. The number of nitrogens with zero attached hydrogens (tertiary/aromatic N) is 4. The standard InChI is InChI=1S/C10H12ClN5/c1-16-14-10(13-15-16)6-9(12)7-3-2-4-8(11)5-7/h2-5,9H,6,12H2,1H3. The monoisotopic (exact) mass is 237 g/mol. The summed E-state index contributed by atoms with van der Waals surface area (Å²) in [6, 6.07) is 7.32. The zero-order chi connectivity index (χ0) is 11.5. The van der Waals surface area contributed by atoms with Crippen LogP contribution >= 0.6 is 11.6 Å². The number of aromatic nitrogens is 4. The first-order valence-corrected chi connectivity index (χ1v) is 5.27. The number of benzene rings is 1. The van der Waals surface area contributed by atoms with Crippen LogP contribution in [0.1, 0.15) is 17.4 Å². The van der Waals surface area contributed by atoms with E-state index in [1.807, 2.05) is 24.3 Å². The lowest BCUT2D eigenvalue weighted by Gasteiger charge is -2.09. The smallest absolute Gasteiger partial charge is 0.176 e. The van der Waals surface area contributed by atoms with Gasteiger partial charge in [-0.3, -0.25) is 0 Å². The van der Waals surface area contributed by atoms with Gasteiger partial charge in [-0.05, 0) is 22.9 Å². The summed E-state index contributed by atoms with van der Waals surface area (Å²) in [4.78, 5) is 1.42. The predicted octanol–water partition coefficient (Wildman–Crippen LogP) is 1.11. The Morgan fingerprint density at radius 1 is 1.50 bits per heavy atom. The molecule has 0 aliphatic heterocycles. The van der Waals surface area contributed by atoms with Gasteiger partial charge in [-0.15, -0.1) is 10.2 Å².